The Labute approximate surface area is 150 Å². The first-order valence-corrected chi connectivity index (χ1v) is 8.15. The minimum atomic E-state index is -1.18. The van der Waals surface area contributed by atoms with Crippen LogP contribution in [0.1, 0.15) is 30.9 Å². The molecule has 0 amide bonds. The van der Waals surface area contributed by atoms with Gasteiger partial charge in [-0.1, -0.05) is 49.3 Å². The summed E-state index contributed by atoms with van der Waals surface area (Å²) in [5.74, 6) is 0.884. The summed E-state index contributed by atoms with van der Waals surface area (Å²) in [7, 11) is 1.55. The van der Waals surface area contributed by atoms with Gasteiger partial charge in [-0.2, -0.15) is 0 Å². The molecule has 1 aliphatic carbocycles. The van der Waals surface area contributed by atoms with Crippen molar-refractivity contribution in [2.75, 3.05) is 7.11 Å². The Kier molecular flexibility index (Phi) is 4.40. The predicted molar refractivity (Wildman–Crippen MR) is 99.2 cm³/mol. The summed E-state index contributed by atoms with van der Waals surface area (Å²) in [5.41, 5.74) is 9.69. The van der Waals surface area contributed by atoms with Gasteiger partial charge in [0.2, 0.25) is 0 Å². The number of hydrogen-bond acceptors (Lipinski definition) is 4. The van der Waals surface area contributed by atoms with E-state index in [1.165, 1.54) is 6.07 Å². The van der Waals surface area contributed by atoms with E-state index in [-0.39, 0.29) is 5.69 Å². The molecule has 0 radical (unpaired) electrons. The van der Waals surface area contributed by atoms with E-state index in [9.17, 15) is 10.1 Å². The van der Waals surface area contributed by atoms with Gasteiger partial charge < -0.3 is 4.74 Å². The van der Waals surface area contributed by atoms with E-state index in [0.717, 1.165) is 5.56 Å². The van der Waals surface area contributed by atoms with Crippen LogP contribution in [0.5, 0.6) is 5.75 Å². The molecule has 0 heterocycles. The van der Waals surface area contributed by atoms with Gasteiger partial charge in [0, 0.05) is 16.5 Å². The molecule has 0 spiro atoms. The number of methoxy groups -OCH3 is 1. The second kappa shape index (κ2) is 6.54. The van der Waals surface area contributed by atoms with Crippen molar-refractivity contribution in [3.63, 3.8) is 0 Å². The van der Waals surface area contributed by atoms with Gasteiger partial charge in [-0.05, 0) is 34.4 Å². The SMILES string of the molecule is COc1cc(C(C)C)ccc1C1(N=[N+]=[N-])C=c2cccc([N+](=O)[O-])c2=C1. The van der Waals surface area contributed by atoms with Gasteiger partial charge in [0.05, 0.1) is 17.3 Å². The Hall–Kier alpha value is -3.31. The van der Waals surface area contributed by atoms with Crippen LogP contribution >= 0.6 is 0 Å². The lowest BCUT2D eigenvalue weighted by molar-refractivity contribution is -0.385. The highest BCUT2D eigenvalue weighted by Gasteiger charge is 2.34. The van der Waals surface area contributed by atoms with E-state index >= 15 is 0 Å². The minimum absolute atomic E-state index is 0.0217. The molecule has 0 saturated carbocycles. The molecule has 3 rings (SSSR count). The number of rotatable bonds is 5. The largest absolute Gasteiger partial charge is 0.496 e. The summed E-state index contributed by atoms with van der Waals surface area (Å²) in [6.45, 7) is 4.15. The highest BCUT2D eigenvalue weighted by atomic mass is 16.6. The summed E-state index contributed by atoms with van der Waals surface area (Å²) < 4.78 is 5.54. The minimum Gasteiger partial charge on any atom is -0.496 e. The monoisotopic (exact) mass is 350 g/mol. The summed E-state index contributed by atoms with van der Waals surface area (Å²) >= 11 is 0. The number of azide groups is 1. The zero-order valence-electron chi connectivity index (χ0n) is 14.7. The third-order valence-electron chi connectivity index (χ3n) is 4.59. The van der Waals surface area contributed by atoms with E-state index in [4.69, 9.17) is 10.3 Å². The number of nitro benzene ring substituents is 1. The molecule has 132 valence electrons. The Balaban J connectivity index is 2.32. The molecule has 1 aliphatic rings. The number of nitrogens with zero attached hydrogens (tertiary/aromatic N) is 4. The topological polar surface area (TPSA) is 101 Å². The number of hydrogen-bond donors (Lipinski definition) is 0. The Morgan fingerprint density at radius 3 is 2.65 bits per heavy atom. The molecule has 0 fully saturated rings. The van der Waals surface area contributed by atoms with E-state index in [2.05, 4.69) is 23.9 Å². The normalized spacial score (nSPS) is 17.7. The first kappa shape index (κ1) is 17.5. The maximum atomic E-state index is 11.4. The first-order chi connectivity index (χ1) is 12.4. The second-order valence-corrected chi connectivity index (χ2v) is 6.46. The van der Waals surface area contributed by atoms with Crippen LogP contribution < -0.4 is 15.2 Å². The zero-order valence-corrected chi connectivity index (χ0v) is 14.7. The number of fused-ring (bicyclic) bond motifs is 1. The molecular weight excluding hydrogens is 332 g/mol. The standard InChI is InChI=1S/C19H18N4O3/c1-12(2)13-7-8-16(18(9-13)26-3)19(21-22-20)10-14-5-4-6-17(23(24)25)15(14)11-19/h4-12H,1-3H3. The number of non-ortho nitro benzene ring substituents is 1. The predicted octanol–water partition coefficient (Wildman–Crippen LogP) is 3.51. The molecule has 0 aliphatic heterocycles. The van der Waals surface area contributed by atoms with Gasteiger partial charge in [0.15, 0.2) is 0 Å². The van der Waals surface area contributed by atoms with E-state index in [0.29, 0.717) is 27.7 Å². The molecule has 7 nitrogen and oxygen atoms in total. The maximum Gasteiger partial charge on any atom is 0.276 e. The molecule has 0 bridgehead atoms. The fourth-order valence-corrected chi connectivity index (χ4v) is 3.25. The van der Waals surface area contributed by atoms with Crippen molar-refractivity contribution in [3.8, 4) is 5.75 Å². The summed E-state index contributed by atoms with van der Waals surface area (Å²) in [6, 6.07) is 10.5. The van der Waals surface area contributed by atoms with Crippen molar-refractivity contribution >= 4 is 17.8 Å². The highest BCUT2D eigenvalue weighted by molar-refractivity contribution is 5.71. The van der Waals surface area contributed by atoms with Crippen LogP contribution in [0, 0.1) is 10.1 Å². The third kappa shape index (κ3) is 2.78. The van der Waals surface area contributed by atoms with E-state index in [1.54, 1.807) is 31.4 Å². The highest BCUT2D eigenvalue weighted by Crippen LogP contribution is 2.39. The molecule has 2 aromatic rings. The van der Waals surface area contributed by atoms with Gasteiger partial charge in [0.1, 0.15) is 11.3 Å². The van der Waals surface area contributed by atoms with Crippen LogP contribution in [-0.4, -0.2) is 12.0 Å². The molecule has 1 unspecified atom stereocenters. The molecule has 0 aromatic heterocycles. The van der Waals surface area contributed by atoms with Crippen LogP contribution in [0.15, 0.2) is 41.5 Å². The third-order valence-corrected chi connectivity index (χ3v) is 4.59. The van der Waals surface area contributed by atoms with Gasteiger partial charge in [-0.15, -0.1) is 0 Å². The molecule has 7 heteroatoms. The van der Waals surface area contributed by atoms with Gasteiger partial charge in [-0.3, -0.25) is 10.1 Å². The molecule has 2 aromatic carbocycles. The summed E-state index contributed by atoms with van der Waals surface area (Å²) in [4.78, 5) is 13.9. The van der Waals surface area contributed by atoms with Crippen molar-refractivity contribution < 1.29 is 9.66 Å². The number of nitro groups is 1. The lowest BCUT2D eigenvalue weighted by Crippen LogP contribution is -2.23. The average molecular weight is 350 g/mol. The van der Waals surface area contributed by atoms with Crippen molar-refractivity contribution in [2.24, 2.45) is 5.11 Å². The smallest absolute Gasteiger partial charge is 0.276 e. The fourth-order valence-electron chi connectivity index (χ4n) is 3.25. The Morgan fingerprint density at radius 2 is 2.04 bits per heavy atom. The van der Waals surface area contributed by atoms with Crippen molar-refractivity contribution in [1.29, 1.82) is 0 Å². The van der Waals surface area contributed by atoms with Gasteiger partial charge in [-0.25, -0.2) is 0 Å². The molecular formula is C19H18N4O3. The number of ether oxygens (including phenoxy) is 1. The van der Waals surface area contributed by atoms with Crippen LogP contribution in [0.4, 0.5) is 5.69 Å². The zero-order chi connectivity index (χ0) is 18.9. The average Bonchev–Trinajstić information content (AvgIpc) is 3.00. The van der Waals surface area contributed by atoms with Gasteiger partial charge in [0.25, 0.3) is 5.69 Å². The van der Waals surface area contributed by atoms with E-state index < -0.39 is 10.5 Å². The van der Waals surface area contributed by atoms with E-state index in [1.807, 2.05) is 18.2 Å². The maximum absolute atomic E-state index is 11.4. The first-order valence-electron chi connectivity index (χ1n) is 8.15. The molecule has 1 atom stereocenters. The van der Waals surface area contributed by atoms with Crippen LogP contribution in [0.3, 0.4) is 0 Å². The molecule has 0 saturated heterocycles. The van der Waals surface area contributed by atoms with Crippen molar-refractivity contribution in [3.05, 3.63) is 78.5 Å². The summed E-state index contributed by atoms with van der Waals surface area (Å²) in [5, 5.41) is 16.4. The van der Waals surface area contributed by atoms with Crippen LogP contribution in [0.25, 0.3) is 22.6 Å². The van der Waals surface area contributed by atoms with Crippen molar-refractivity contribution in [1.82, 2.24) is 0 Å². The van der Waals surface area contributed by atoms with Crippen LogP contribution in [0.2, 0.25) is 0 Å². The van der Waals surface area contributed by atoms with Crippen LogP contribution in [-0.2, 0) is 5.54 Å². The fraction of sp³-hybridized carbons (Fsp3) is 0.263. The lowest BCUT2D eigenvalue weighted by atomic mass is 9.89. The quantitative estimate of drug-likeness (QED) is 0.271. The van der Waals surface area contributed by atoms with Crippen molar-refractivity contribution in [2.45, 2.75) is 25.3 Å². The molecule has 26 heavy (non-hydrogen) atoms. The van der Waals surface area contributed by atoms with Gasteiger partial charge >= 0.3 is 0 Å². The lowest BCUT2D eigenvalue weighted by Gasteiger charge is -2.23. The number of benzene rings is 2. The molecule has 0 N–H and O–H groups in total. The Morgan fingerprint density at radius 1 is 1.27 bits per heavy atom. The summed E-state index contributed by atoms with van der Waals surface area (Å²) in [6.07, 6.45) is 3.37. The Bertz CT molecular complexity index is 1050. The second-order valence-electron chi connectivity index (χ2n) is 6.46.